The van der Waals surface area contributed by atoms with E-state index in [9.17, 15) is 8.42 Å². The second-order valence-corrected chi connectivity index (χ2v) is 5.94. The monoisotopic (exact) mass is 247 g/mol. The highest BCUT2D eigenvalue weighted by molar-refractivity contribution is 7.88. The lowest BCUT2D eigenvalue weighted by molar-refractivity contribution is 0.519. The Bertz CT molecular complexity index is 429. The van der Waals surface area contributed by atoms with Crippen molar-refractivity contribution in [2.75, 3.05) is 14.1 Å². The molecule has 0 N–H and O–H groups in total. The summed E-state index contributed by atoms with van der Waals surface area (Å²) in [6.07, 6.45) is 0. The Balaban J connectivity index is 2.90. The first-order valence-corrected chi connectivity index (χ1v) is 6.64. The second kappa shape index (κ2) is 4.96. The Morgan fingerprint density at radius 1 is 1.27 bits per heavy atom. The van der Waals surface area contributed by atoms with Gasteiger partial charge in [-0.15, -0.1) is 11.6 Å². The van der Waals surface area contributed by atoms with E-state index in [1.54, 1.807) is 6.07 Å². The largest absolute Gasteiger partial charge is 0.217 e. The number of hydrogen-bond acceptors (Lipinski definition) is 2. The third-order valence-electron chi connectivity index (χ3n) is 2.05. The maximum absolute atomic E-state index is 11.6. The molecule has 0 aromatic heterocycles. The third-order valence-corrected chi connectivity index (χ3v) is 4.17. The molecule has 1 aromatic carbocycles. The summed E-state index contributed by atoms with van der Waals surface area (Å²) in [6.45, 7) is 0. The highest BCUT2D eigenvalue weighted by atomic mass is 35.5. The number of halogens is 1. The van der Waals surface area contributed by atoms with E-state index in [4.69, 9.17) is 11.6 Å². The van der Waals surface area contributed by atoms with Crippen LogP contribution in [0.15, 0.2) is 24.3 Å². The Morgan fingerprint density at radius 3 is 2.40 bits per heavy atom. The predicted molar refractivity (Wildman–Crippen MR) is 62.3 cm³/mol. The van der Waals surface area contributed by atoms with Gasteiger partial charge in [0.2, 0.25) is 10.0 Å². The second-order valence-electron chi connectivity index (χ2n) is 3.49. The summed E-state index contributed by atoms with van der Waals surface area (Å²) in [7, 11) is -0.129. The lowest BCUT2D eigenvalue weighted by Crippen LogP contribution is -2.23. The average Bonchev–Trinajstić information content (AvgIpc) is 2.17. The summed E-state index contributed by atoms with van der Waals surface area (Å²) in [4.78, 5) is 0. The maximum Gasteiger partial charge on any atom is 0.217 e. The lowest BCUT2D eigenvalue weighted by atomic mass is 10.2. The molecule has 5 heteroatoms. The minimum Gasteiger partial charge on any atom is -0.212 e. The molecule has 84 valence electrons. The lowest BCUT2D eigenvalue weighted by Gasteiger charge is -2.11. The van der Waals surface area contributed by atoms with Crippen molar-refractivity contribution in [1.29, 1.82) is 0 Å². The van der Waals surface area contributed by atoms with Gasteiger partial charge >= 0.3 is 0 Å². The molecule has 0 heterocycles. The van der Waals surface area contributed by atoms with Crippen LogP contribution in [0.4, 0.5) is 0 Å². The first-order chi connectivity index (χ1) is 6.95. The Hall–Kier alpha value is -0.580. The van der Waals surface area contributed by atoms with Crippen molar-refractivity contribution in [2.45, 2.75) is 11.6 Å². The van der Waals surface area contributed by atoms with Crippen LogP contribution in [0.25, 0.3) is 0 Å². The minimum absolute atomic E-state index is 0.0186. The molecule has 0 unspecified atom stereocenters. The SMILES string of the molecule is CN(C)S(=O)(=O)Cc1cccc(CCl)c1. The quantitative estimate of drug-likeness (QED) is 0.761. The van der Waals surface area contributed by atoms with Crippen LogP contribution in [-0.4, -0.2) is 26.8 Å². The summed E-state index contributed by atoms with van der Waals surface area (Å²) in [5.41, 5.74) is 1.70. The van der Waals surface area contributed by atoms with E-state index in [-0.39, 0.29) is 5.75 Å². The molecule has 15 heavy (non-hydrogen) atoms. The number of nitrogens with zero attached hydrogens (tertiary/aromatic N) is 1. The average molecular weight is 248 g/mol. The molecule has 0 spiro atoms. The van der Waals surface area contributed by atoms with Gasteiger partial charge in [0, 0.05) is 20.0 Å². The van der Waals surface area contributed by atoms with Crippen molar-refractivity contribution in [1.82, 2.24) is 4.31 Å². The molecule has 0 aliphatic heterocycles. The number of sulfonamides is 1. The van der Waals surface area contributed by atoms with Crippen LogP contribution in [-0.2, 0) is 21.7 Å². The van der Waals surface area contributed by atoms with Gasteiger partial charge in [-0.25, -0.2) is 12.7 Å². The van der Waals surface area contributed by atoms with E-state index in [1.807, 2.05) is 18.2 Å². The standard InChI is InChI=1S/C10H14ClNO2S/c1-12(2)15(13,14)8-10-5-3-4-9(6-10)7-11/h3-6H,7-8H2,1-2H3. The number of benzene rings is 1. The Labute approximate surface area is 95.7 Å². The molecule has 0 atom stereocenters. The first-order valence-electron chi connectivity index (χ1n) is 4.49. The molecule has 1 aromatic rings. The molecule has 0 saturated carbocycles. The van der Waals surface area contributed by atoms with Crippen LogP contribution in [0.3, 0.4) is 0 Å². The highest BCUT2D eigenvalue weighted by Gasteiger charge is 2.14. The van der Waals surface area contributed by atoms with Crippen LogP contribution in [0.5, 0.6) is 0 Å². The third kappa shape index (κ3) is 3.48. The topological polar surface area (TPSA) is 37.4 Å². The summed E-state index contributed by atoms with van der Waals surface area (Å²) >= 11 is 5.67. The van der Waals surface area contributed by atoms with E-state index in [0.717, 1.165) is 11.1 Å². The van der Waals surface area contributed by atoms with E-state index >= 15 is 0 Å². The Morgan fingerprint density at radius 2 is 1.87 bits per heavy atom. The maximum atomic E-state index is 11.6. The zero-order valence-electron chi connectivity index (χ0n) is 8.77. The van der Waals surface area contributed by atoms with E-state index < -0.39 is 10.0 Å². The molecular formula is C10H14ClNO2S. The number of alkyl halides is 1. The summed E-state index contributed by atoms with van der Waals surface area (Å²) in [6, 6.07) is 7.29. The molecule has 3 nitrogen and oxygen atoms in total. The number of hydrogen-bond donors (Lipinski definition) is 0. The van der Waals surface area contributed by atoms with Gasteiger partial charge in [0.25, 0.3) is 0 Å². The van der Waals surface area contributed by atoms with Crippen LogP contribution in [0.2, 0.25) is 0 Å². The molecular weight excluding hydrogens is 234 g/mol. The van der Waals surface area contributed by atoms with E-state index in [0.29, 0.717) is 5.88 Å². The van der Waals surface area contributed by atoms with Gasteiger partial charge in [-0.2, -0.15) is 0 Å². The predicted octanol–water partition coefficient (Wildman–Crippen LogP) is 1.82. The highest BCUT2D eigenvalue weighted by Crippen LogP contribution is 2.12. The van der Waals surface area contributed by atoms with E-state index in [2.05, 4.69) is 0 Å². The van der Waals surface area contributed by atoms with Crippen molar-refractivity contribution >= 4 is 21.6 Å². The minimum atomic E-state index is -3.19. The van der Waals surface area contributed by atoms with Gasteiger partial charge in [0.1, 0.15) is 0 Å². The zero-order valence-corrected chi connectivity index (χ0v) is 10.3. The van der Waals surface area contributed by atoms with Crippen LogP contribution in [0, 0.1) is 0 Å². The molecule has 0 radical (unpaired) electrons. The van der Waals surface area contributed by atoms with Crippen LogP contribution < -0.4 is 0 Å². The smallest absolute Gasteiger partial charge is 0.212 e. The normalized spacial score (nSPS) is 12.0. The van der Waals surface area contributed by atoms with Gasteiger partial charge < -0.3 is 0 Å². The van der Waals surface area contributed by atoms with Gasteiger partial charge in [-0.3, -0.25) is 0 Å². The molecule has 0 bridgehead atoms. The molecule has 0 aliphatic rings. The van der Waals surface area contributed by atoms with E-state index in [1.165, 1.54) is 18.4 Å². The van der Waals surface area contributed by atoms with Crippen molar-refractivity contribution < 1.29 is 8.42 Å². The van der Waals surface area contributed by atoms with Crippen LogP contribution >= 0.6 is 11.6 Å². The summed E-state index contributed by atoms with van der Waals surface area (Å²) in [5, 5.41) is 0. The summed E-state index contributed by atoms with van der Waals surface area (Å²) in [5.74, 6) is 0.417. The van der Waals surface area contributed by atoms with Crippen molar-refractivity contribution in [3.05, 3.63) is 35.4 Å². The molecule has 0 aliphatic carbocycles. The first kappa shape index (κ1) is 12.5. The molecule has 0 fully saturated rings. The fraction of sp³-hybridized carbons (Fsp3) is 0.400. The van der Waals surface area contributed by atoms with Gasteiger partial charge in [0.15, 0.2) is 0 Å². The molecule has 1 rings (SSSR count). The summed E-state index contributed by atoms with van der Waals surface area (Å²) < 4.78 is 24.4. The fourth-order valence-corrected chi connectivity index (χ4v) is 2.17. The van der Waals surface area contributed by atoms with Gasteiger partial charge in [0.05, 0.1) is 5.75 Å². The van der Waals surface area contributed by atoms with Gasteiger partial charge in [-0.1, -0.05) is 24.3 Å². The fourth-order valence-electron chi connectivity index (χ4n) is 1.14. The number of rotatable bonds is 4. The Kier molecular flexibility index (Phi) is 4.13. The van der Waals surface area contributed by atoms with Gasteiger partial charge in [-0.05, 0) is 11.1 Å². The van der Waals surface area contributed by atoms with Crippen molar-refractivity contribution in [3.63, 3.8) is 0 Å². The molecule has 0 amide bonds. The van der Waals surface area contributed by atoms with Crippen molar-refractivity contribution in [3.8, 4) is 0 Å². The molecule has 0 saturated heterocycles. The van der Waals surface area contributed by atoms with Crippen LogP contribution in [0.1, 0.15) is 11.1 Å². The zero-order chi connectivity index (χ0) is 11.5. The van der Waals surface area contributed by atoms with Crippen molar-refractivity contribution in [2.24, 2.45) is 0 Å².